The highest BCUT2D eigenvalue weighted by Crippen LogP contribution is 2.23. The van der Waals surface area contributed by atoms with Crippen LogP contribution in [0.1, 0.15) is 30.9 Å². The molecule has 1 atom stereocenters. The van der Waals surface area contributed by atoms with Crippen molar-refractivity contribution in [2.24, 2.45) is 5.92 Å². The van der Waals surface area contributed by atoms with Crippen molar-refractivity contribution in [1.29, 1.82) is 5.26 Å². The molecule has 4 nitrogen and oxygen atoms in total. The van der Waals surface area contributed by atoms with E-state index < -0.39 is 0 Å². The van der Waals surface area contributed by atoms with Crippen LogP contribution in [0, 0.1) is 24.2 Å². The van der Waals surface area contributed by atoms with E-state index in [4.69, 9.17) is 4.74 Å². The van der Waals surface area contributed by atoms with E-state index in [1.54, 1.807) is 6.20 Å². The van der Waals surface area contributed by atoms with Crippen molar-refractivity contribution in [1.82, 2.24) is 4.98 Å². The lowest BCUT2D eigenvalue weighted by molar-refractivity contribution is 0.0622. The molecule has 0 saturated carbocycles. The van der Waals surface area contributed by atoms with Crippen LogP contribution >= 0.6 is 0 Å². The topological polar surface area (TPSA) is 57.9 Å². The second-order valence-corrected chi connectivity index (χ2v) is 4.85. The van der Waals surface area contributed by atoms with Crippen molar-refractivity contribution in [2.45, 2.75) is 32.7 Å². The molecule has 2 rings (SSSR count). The molecule has 1 aliphatic heterocycles. The number of nitrogens with zero attached hydrogens (tertiary/aromatic N) is 2. The molecule has 4 heteroatoms. The van der Waals surface area contributed by atoms with Crippen molar-refractivity contribution in [3.63, 3.8) is 0 Å². The fourth-order valence-electron chi connectivity index (χ4n) is 2.36. The van der Waals surface area contributed by atoms with E-state index in [9.17, 15) is 5.26 Å². The monoisotopic (exact) mass is 245 g/mol. The molecular formula is C14H19N3O. The highest BCUT2D eigenvalue weighted by Gasteiger charge is 2.21. The lowest BCUT2D eigenvalue weighted by Gasteiger charge is -2.29. The normalized spacial score (nSPS) is 18.1. The first-order chi connectivity index (χ1) is 8.72. The summed E-state index contributed by atoms with van der Waals surface area (Å²) in [7, 11) is 0. The van der Waals surface area contributed by atoms with E-state index in [0.717, 1.165) is 31.6 Å². The van der Waals surface area contributed by atoms with Gasteiger partial charge in [-0.2, -0.15) is 5.26 Å². The first-order valence-corrected chi connectivity index (χ1v) is 6.42. The average molecular weight is 245 g/mol. The Labute approximate surface area is 108 Å². The van der Waals surface area contributed by atoms with E-state index in [1.807, 2.05) is 13.0 Å². The molecule has 1 aliphatic rings. The Kier molecular flexibility index (Phi) is 4.16. The first-order valence-electron chi connectivity index (χ1n) is 6.42. The molecule has 1 aromatic heterocycles. The van der Waals surface area contributed by atoms with Gasteiger partial charge in [0.15, 0.2) is 0 Å². The van der Waals surface area contributed by atoms with E-state index in [0.29, 0.717) is 23.3 Å². The van der Waals surface area contributed by atoms with Gasteiger partial charge in [0.1, 0.15) is 11.9 Å². The molecule has 0 aromatic carbocycles. The van der Waals surface area contributed by atoms with Gasteiger partial charge in [0, 0.05) is 25.5 Å². The van der Waals surface area contributed by atoms with Crippen LogP contribution in [0.25, 0.3) is 0 Å². The summed E-state index contributed by atoms with van der Waals surface area (Å²) < 4.78 is 5.37. The highest BCUT2D eigenvalue weighted by molar-refractivity contribution is 5.55. The van der Waals surface area contributed by atoms with E-state index in [1.165, 1.54) is 0 Å². The second kappa shape index (κ2) is 5.83. The van der Waals surface area contributed by atoms with Crippen LogP contribution < -0.4 is 5.32 Å². The number of aromatic nitrogens is 1. The molecule has 1 N–H and O–H groups in total. The number of aryl methyl sites for hydroxylation is 1. The number of hydrogen-bond acceptors (Lipinski definition) is 4. The van der Waals surface area contributed by atoms with Gasteiger partial charge in [-0.05, 0) is 44.2 Å². The Hall–Kier alpha value is -1.60. The molecule has 96 valence electrons. The molecule has 18 heavy (non-hydrogen) atoms. The van der Waals surface area contributed by atoms with E-state index in [2.05, 4.69) is 23.3 Å². The van der Waals surface area contributed by atoms with Crippen LogP contribution in [-0.2, 0) is 4.74 Å². The Bertz CT molecular complexity index is 447. The van der Waals surface area contributed by atoms with Gasteiger partial charge in [-0.1, -0.05) is 0 Å². The summed E-state index contributed by atoms with van der Waals surface area (Å²) in [4.78, 5) is 4.28. The zero-order valence-corrected chi connectivity index (χ0v) is 10.9. The third kappa shape index (κ3) is 2.80. The quantitative estimate of drug-likeness (QED) is 0.888. The minimum absolute atomic E-state index is 0.315. The fourth-order valence-corrected chi connectivity index (χ4v) is 2.36. The van der Waals surface area contributed by atoms with E-state index >= 15 is 0 Å². The minimum Gasteiger partial charge on any atom is -0.381 e. The molecule has 1 fully saturated rings. The lowest BCUT2D eigenvalue weighted by atomic mass is 9.93. The smallest absolute Gasteiger partial charge is 0.144 e. The summed E-state index contributed by atoms with van der Waals surface area (Å²) in [6, 6.07) is 4.40. The van der Waals surface area contributed by atoms with Crippen molar-refractivity contribution >= 4 is 5.82 Å². The molecule has 0 amide bonds. The number of ether oxygens (including phenoxy) is 1. The molecule has 0 radical (unpaired) electrons. The van der Waals surface area contributed by atoms with Crippen LogP contribution in [0.15, 0.2) is 12.3 Å². The maximum atomic E-state index is 9.17. The highest BCUT2D eigenvalue weighted by atomic mass is 16.5. The molecule has 1 saturated heterocycles. The Morgan fingerprint density at radius 1 is 1.50 bits per heavy atom. The van der Waals surface area contributed by atoms with E-state index in [-0.39, 0.29) is 0 Å². The van der Waals surface area contributed by atoms with Gasteiger partial charge in [-0.3, -0.25) is 0 Å². The largest absolute Gasteiger partial charge is 0.381 e. The standard InChI is InChI=1S/C14H19N3O/c1-10-3-6-16-14(13(10)9-15)17-11(2)12-4-7-18-8-5-12/h3,6,11-12H,4-5,7-8H2,1-2H3,(H,16,17). The number of anilines is 1. The predicted molar refractivity (Wildman–Crippen MR) is 70.3 cm³/mol. The third-order valence-electron chi connectivity index (χ3n) is 3.61. The summed E-state index contributed by atoms with van der Waals surface area (Å²) in [6.07, 6.45) is 3.89. The number of rotatable bonds is 3. The van der Waals surface area contributed by atoms with Gasteiger partial charge in [-0.15, -0.1) is 0 Å². The Balaban J connectivity index is 2.09. The number of nitriles is 1. The van der Waals surface area contributed by atoms with Crippen LogP contribution in [0.4, 0.5) is 5.82 Å². The number of nitrogens with one attached hydrogen (secondary N) is 1. The molecule has 0 aliphatic carbocycles. The summed E-state index contributed by atoms with van der Waals surface area (Å²) in [5.74, 6) is 1.30. The molecule has 0 spiro atoms. The van der Waals surface area contributed by atoms with Crippen molar-refractivity contribution in [3.8, 4) is 6.07 Å². The predicted octanol–water partition coefficient (Wildman–Crippen LogP) is 2.49. The maximum Gasteiger partial charge on any atom is 0.144 e. The third-order valence-corrected chi connectivity index (χ3v) is 3.61. The zero-order chi connectivity index (χ0) is 13.0. The minimum atomic E-state index is 0.315. The van der Waals surface area contributed by atoms with Gasteiger partial charge >= 0.3 is 0 Å². The molecular weight excluding hydrogens is 226 g/mol. The number of pyridine rings is 1. The first kappa shape index (κ1) is 12.8. The molecule has 2 heterocycles. The Morgan fingerprint density at radius 3 is 2.89 bits per heavy atom. The summed E-state index contributed by atoms with van der Waals surface area (Å²) in [5.41, 5.74) is 1.62. The Morgan fingerprint density at radius 2 is 2.22 bits per heavy atom. The van der Waals surface area contributed by atoms with Crippen LogP contribution in [-0.4, -0.2) is 24.2 Å². The summed E-state index contributed by atoms with van der Waals surface area (Å²) in [6.45, 7) is 5.76. The zero-order valence-electron chi connectivity index (χ0n) is 10.9. The molecule has 0 bridgehead atoms. The second-order valence-electron chi connectivity index (χ2n) is 4.85. The number of hydrogen-bond donors (Lipinski definition) is 1. The lowest BCUT2D eigenvalue weighted by Crippen LogP contribution is -2.31. The van der Waals surface area contributed by atoms with Crippen LogP contribution in [0.2, 0.25) is 0 Å². The van der Waals surface area contributed by atoms with Gasteiger partial charge in [0.05, 0.1) is 5.56 Å². The maximum absolute atomic E-state index is 9.17. The van der Waals surface area contributed by atoms with Crippen molar-refractivity contribution in [3.05, 3.63) is 23.4 Å². The van der Waals surface area contributed by atoms with Crippen molar-refractivity contribution in [2.75, 3.05) is 18.5 Å². The van der Waals surface area contributed by atoms with Crippen molar-refractivity contribution < 1.29 is 4.74 Å². The van der Waals surface area contributed by atoms with Crippen LogP contribution in [0.5, 0.6) is 0 Å². The summed E-state index contributed by atoms with van der Waals surface area (Å²) >= 11 is 0. The van der Waals surface area contributed by atoms with Gasteiger partial charge in [0.2, 0.25) is 0 Å². The van der Waals surface area contributed by atoms with Gasteiger partial charge in [0.25, 0.3) is 0 Å². The van der Waals surface area contributed by atoms with Gasteiger partial charge in [-0.25, -0.2) is 4.98 Å². The average Bonchev–Trinajstić information content (AvgIpc) is 2.40. The molecule has 1 aromatic rings. The fraction of sp³-hybridized carbons (Fsp3) is 0.571. The summed E-state index contributed by atoms with van der Waals surface area (Å²) in [5, 5.41) is 12.6. The molecule has 1 unspecified atom stereocenters. The SMILES string of the molecule is Cc1ccnc(NC(C)C2CCOCC2)c1C#N. The van der Waals surface area contributed by atoms with Gasteiger partial charge < -0.3 is 10.1 Å². The van der Waals surface area contributed by atoms with Crippen LogP contribution in [0.3, 0.4) is 0 Å².